The van der Waals surface area contributed by atoms with Crippen LogP contribution in [0.5, 0.6) is 0 Å². The molecule has 0 spiro atoms. The monoisotopic (exact) mass is 230 g/mol. The van der Waals surface area contributed by atoms with Crippen molar-refractivity contribution >= 4 is 29.0 Å². The second kappa shape index (κ2) is 3.95. The van der Waals surface area contributed by atoms with E-state index in [0.29, 0.717) is 10.9 Å². The molecule has 1 fully saturated rings. The van der Waals surface area contributed by atoms with Crippen molar-refractivity contribution in [3.63, 3.8) is 0 Å². The maximum atomic E-state index is 5.92. The van der Waals surface area contributed by atoms with Crippen molar-refractivity contribution in [3.8, 4) is 0 Å². The molecule has 0 amide bonds. The number of hydrogen-bond donors (Lipinski definition) is 1. The van der Waals surface area contributed by atoms with Gasteiger partial charge >= 0.3 is 0 Å². The molecule has 1 aliphatic carbocycles. The number of halogens is 2. The van der Waals surface area contributed by atoms with E-state index < -0.39 is 0 Å². The summed E-state index contributed by atoms with van der Waals surface area (Å²) in [5.41, 5.74) is 0.0718. The molecular weight excluding hydrogens is 219 g/mol. The van der Waals surface area contributed by atoms with Gasteiger partial charge in [-0.3, -0.25) is 0 Å². The number of hydrogen-bond acceptors (Lipinski definition) is 2. The Morgan fingerprint density at radius 1 is 1.43 bits per heavy atom. The smallest absolute Gasteiger partial charge is 0.126 e. The lowest BCUT2D eigenvalue weighted by atomic mass is 9.78. The zero-order valence-corrected chi connectivity index (χ0v) is 9.28. The van der Waals surface area contributed by atoms with Crippen LogP contribution in [-0.4, -0.2) is 16.4 Å². The minimum atomic E-state index is 0.0718. The van der Waals surface area contributed by atoms with Crippen molar-refractivity contribution in [2.75, 3.05) is 11.2 Å². The van der Waals surface area contributed by atoms with Gasteiger partial charge in [0.2, 0.25) is 0 Å². The number of anilines is 1. The van der Waals surface area contributed by atoms with Crippen LogP contribution in [0.25, 0.3) is 0 Å². The second-order valence-electron chi connectivity index (χ2n) is 3.75. The predicted molar refractivity (Wildman–Crippen MR) is 60.2 cm³/mol. The Hall–Kier alpha value is -0.470. The van der Waals surface area contributed by atoms with E-state index in [2.05, 4.69) is 10.3 Å². The van der Waals surface area contributed by atoms with Crippen molar-refractivity contribution in [2.45, 2.75) is 24.8 Å². The van der Waals surface area contributed by atoms with Gasteiger partial charge in [0.1, 0.15) is 5.82 Å². The molecule has 1 N–H and O–H groups in total. The van der Waals surface area contributed by atoms with E-state index in [0.717, 1.165) is 18.7 Å². The molecule has 0 aromatic carbocycles. The van der Waals surface area contributed by atoms with Crippen molar-refractivity contribution in [1.29, 1.82) is 0 Å². The summed E-state index contributed by atoms with van der Waals surface area (Å²) < 4.78 is 0. The zero-order chi connectivity index (χ0) is 10.0. The highest BCUT2D eigenvalue weighted by molar-refractivity contribution is 6.30. The van der Waals surface area contributed by atoms with Gasteiger partial charge in [-0.25, -0.2) is 4.98 Å². The Labute approximate surface area is 93.6 Å². The fraction of sp³-hybridized carbons (Fsp3) is 0.500. The van der Waals surface area contributed by atoms with E-state index in [4.69, 9.17) is 23.2 Å². The molecule has 14 heavy (non-hydrogen) atoms. The average Bonchev–Trinajstić information content (AvgIpc) is 2.15. The minimum absolute atomic E-state index is 0.0718. The highest BCUT2D eigenvalue weighted by Crippen LogP contribution is 2.35. The second-order valence-corrected chi connectivity index (χ2v) is 4.46. The number of nitrogens with one attached hydrogen (secondary N) is 1. The summed E-state index contributed by atoms with van der Waals surface area (Å²) in [7, 11) is 0. The van der Waals surface area contributed by atoms with Crippen LogP contribution in [0.3, 0.4) is 0 Å². The summed E-state index contributed by atoms with van der Waals surface area (Å²) in [6.07, 6.45) is 5.14. The Morgan fingerprint density at radius 3 is 2.64 bits per heavy atom. The Kier molecular flexibility index (Phi) is 2.84. The van der Waals surface area contributed by atoms with E-state index in [1.807, 2.05) is 12.1 Å². The largest absolute Gasteiger partial charge is 0.363 e. The summed E-state index contributed by atoms with van der Waals surface area (Å²) in [6, 6.07) is 3.71. The van der Waals surface area contributed by atoms with Crippen LogP contribution in [-0.2, 0) is 0 Å². The van der Waals surface area contributed by atoms with E-state index >= 15 is 0 Å². The van der Waals surface area contributed by atoms with Gasteiger partial charge < -0.3 is 5.32 Å². The summed E-state index contributed by atoms with van der Waals surface area (Å²) in [4.78, 5) is 4.19. The van der Waals surface area contributed by atoms with Gasteiger partial charge in [-0.05, 0) is 31.4 Å². The van der Waals surface area contributed by atoms with Crippen LogP contribution in [0.15, 0.2) is 18.3 Å². The Balaban J connectivity index is 2.06. The molecule has 0 saturated heterocycles. The summed E-state index contributed by atoms with van der Waals surface area (Å²) >= 11 is 11.7. The lowest BCUT2D eigenvalue weighted by Gasteiger charge is -2.41. The molecule has 2 nitrogen and oxygen atoms in total. The van der Waals surface area contributed by atoms with Crippen molar-refractivity contribution in [3.05, 3.63) is 23.4 Å². The van der Waals surface area contributed by atoms with Gasteiger partial charge in [-0.1, -0.05) is 11.6 Å². The highest BCUT2D eigenvalue weighted by Gasteiger charge is 2.36. The topological polar surface area (TPSA) is 24.9 Å². The standard InChI is InChI=1S/C10H12Cl2N2/c11-7-10(4-1-5-10)14-9-3-2-8(12)6-13-9/h2-3,6H,1,4-5,7H2,(H,13,14). The highest BCUT2D eigenvalue weighted by atomic mass is 35.5. The summed E-state index contributed by atoms with van der Waals surface area (Å²) in [5.74, 6) is 1.49. The fourth-order valence-electron chi connectivity index (χ4n) is 1.62. The molecular formula is C10H12Cl2N2. The molecule has 2 rings (SSSR count). The normalized spacial score (nSPS) is 18.7. The molecule has 1 aliphatic rings. The number of alkyl halides is 1. The van der Waals surface area contributed by atoms with E-state index in [9.17, 15) is 0 Å². The van der Waals surface area contributed by atoms with Crippen LogP contribution in [0.2, 0.25) is 5.02 Å². The van der Waals surface area contributed by atoms with Crippen LogP contribution >= 0.6 is 23.2 Å². The SMILES string of the molecule is ClCC1(Nc2ccc(Cl)cn2)CCC1. The van der Waals surface area contributed by atoms with Crippen molar-refractivity contribution < 1.29 is 0 Å². The molecule has 1 aromatic rings. The van der Waals surface area contributed by atoms with Gasteiger partial charge in [-0.2, -0.15) is 0 Å². The molecule has 0 unspecified atom stereocenters. The van der Waals surface area contributed by atoms with Crippen molar-refractivity contribution in [2.24, 2.45) is 0 Å². The van der Waals surface area contributed by atoms with Crippen molar-refractivity contribution in [1.82, 2.24) is 4.98 Å². The first-order valence-corrected chi connectivity index (χ1v) is 5.61. The average molecular weight is 231 g/mol. The molecule has 1 aromatic heterocycles. The summed E-state index contributed by atoms with van der Waals surface area (Å²) in [6.45, 7) is 0. The van der Waals surface area contributed by atoms with Gasteiger partial charge in [-0.15, -0.1) is 11.6 Å². The third-order valence-electron chi connectivity index (χ3n) is 2.69. The lowest BCUT2D eigenvalue weighted by Crippen LogP contribution is -2.47. The molecule has 0 aliphatic heterocycles. The number of aromatic nitrogens is 1. The zero-order valence-electron chi connectivity index (χ0n) is 7.76. The molecule has 1 heterocycles. The Morgan fingerprint density at radius 2 is 2.21 bits per heavy atom. The van der Waals surface area contributed by atoms with E-state index in [-0.39, 0.29) is 5.54 Å². The van der Waals surface area contributed by atoms with Gasteiger partial charge in [0.25, 0.3) is 0 Å². The van der Waals surface area contributed by atoms with Gasteiger partial charge in [0.15, 0.2) is 0 Å². The third-order valence-corrected chi connectivity index (χ3v) is 3.42. The van der Waals surface area contributed by atoms with E-state index in [1.165, 1.54) is 6.42 Å². The van der Waals surface area contributed by atoms with Gasteiger partial charge in [0.05, 0.1) is 10.6 Å². The number of pyridine rings is 1. The first-order valence-electron chi connectivity index (χ1n) is 4.70. The van der Waals surface area contributed by atoms with Crippen LogP contribution in [0.4, 0.5) is 5.82 Å². The molecule has 4 heteroatoms. The molecule has 0 bridgehead atoms. The Bertz CT molecular complexity index is 301. The molecule has 0 atom stereocenters. The number of nitrogens with zero attached hydrogens (tertiary/aromatic N) is 1. The van der Waals surface area contributed by atoms with Gasteiger partial charge in [0, 0.05) is 12.1 Å². The molecule has 76 valence electrons. The first-order chi connectivity index (χ1) is 6.74. The van der Waals surface area contributed by atoms with E-state index in [1.54, 1.807) is 6.20 Å². The molecule has 0 radical (unpaired) electrons. The lowest BCUT2D eigenvalue weighted by molar-refractivity contribution is 0.310. The maximum Gasteiger partial charge on any atom is 0.126 e. The van der Waals surface area contributed by atoms with Crippen LogP contribution < -0.4 is 5.32 Å². The quantitative estimate of drug-likeness (QED) is 0.807. The summed E-state index contributed by atoms with van der Waals surface area (Å²) in [5, 5.41) is 4.02. The fourth-order valence-corrected chi connectivity index (χ4v) is 2.06. The predicted octanol–water partition coefficient (Wildman–Crippen LogP) is 3.31. The first kappa shape index (κ1) is 10.1. The third kappa shape index (κ3) is 1.96. The van der Waals surface area contributed by atoms with Crippen LogP contribution in [0.1, 0.15) is 19.3 Å². The maximum absolute atomic E-state index is 5.92. The van der Waals surface area contributed by atoms with Crippen LogP contribution in [0, 0.1) is 0 Å². The number of rotatable bonds is 3. The molecule has 1 saturated carbocycles. The minimum Gasteiger partial charge on any atom is -0.363 e.